The minimum absolute atomic E-state index is 0.194. The second-order valence-electron chi connectivity index (χ2n) is 6.95. The molecule has 1 aromatic heterocycles. The predicted octanol–water partition coefficient (Wildman–Crippen LogP) is 5.89. The molecule has 1 heterocycles. The van der Waals surface area contributed by atoms with Crippen LogP contribution in [-0.4, -0.2) is 15.5 Å². The highest BCUT2D eigenvalue weighted by Crippen LogP contribution is 2.28. The average Bonchev–Trinajstić information content (AvgIpc) is 2.56. The van der Waals surface area contributed by atoms with E-state index in [0.717, 1.165) is 11.3 Å². The van der Waals surface area contributed by atoms with Crippen LogP contribution in [0.3, 0.4) is 0 Å². The summed E-state index contributed by atoms with van der Waals surface area (Å²) < 4.78 is 13.3. The molecule has 0 fully saturated rings. The first-order valence-corrected chi connectivity index (χ1v) is 8.63. The lowest BCUT2D eigenvalue weighted by Gasteiger charge is -2.21. The normalized spacial score (nSPS) is 11.3. The summed E-state index contributed by atoms with van der Waals surface area (Å²) in [5.41, 5.74) is 2.13. The monoisotopic (exact) mass is 370 g/mol. The molecule has 0 spiro atoms. The Labute approximate surface area is 157 Å². The standard InChI is InChI=1S/C20H20ClFN4/c1-20(2,3)26-19-24-17(13-7-5-4-6-8-13)12-18(25-19)23-16-10-9-14(22)11-15(16)21/h4-12H,1-3H3,(H2,23,24,25,26). The van der Waals surface area contributed by atoms with Gasteiger partial charge in [-0.1, -0.05) is 41.9 Å². The molecule has 0 radical (unpaired) electrons. The summed E-state index contributed by atoms with van der Waals surface area (Å²) in [6, 6.07) is 15.9. The first-order valence-electron chi connectivity index (χ1n) is 8.25. The summed E-state index contributed by atoms with van der Waals surface area (Å²) in [5.74, 6) is 0.682. The van der Waals surface area contributed by atoms with E-state index in [1.807, 2.05) is 57.2 Å². The van der Waals surface area contributed by atoms with Gasteiger partial charge in [0.2, 0.25) is 5.95 Å². The molecule has 6 heteroatoms. The number of halogens is 2. The Hall–Kier alpha value is -2.66. The number of rotatable bonds is 4. The smallest absolute Gasteiger partial charge is 0.225 e. The summed E-state index contributed by atoms with van der Waals surface area (Å²) in [4.78, 5) is 9.13. The third-order valence-corrected chi connectivity index (χ3v) is 3.79. The van der Waals surface area contributed by atoms with Crippen LogP contribution in [0.4, 0.5) is 21.8 Å². The molecule has 2 N–H and O–H groups in total. The maximum absolute atomic E-state index is 13.3. The zero-order valence-electron chi connectivity index (χ0n) is 14.8. The highest BCUT2D eigenvalue weighted by atomic mass is 35.5. The molecule has 0 amide bonds. The van der Waals surface area contributed by atoms with E-state index in [1.165, 1.54) is 12.1 Å². The van der Waals surface area contributed by atoms with Crippen molar-refractivity contribution in [1.82, 2.24) is 9.97 Å². The lowest BCUT2D eigenvalue weighted by atomic mass is 10.1. The van der Waals surface area contributed by atoms with Gasteiger partial charge in [-0.15, -0.1) is 0 Å². The van der Waals surface area contributed by atoms with Gasteiger partial charge in [0.15, 0.2) is 0 Å². The number of nitrogens with one attached hydrogen (secondary N) is 2. The molecule has 134 valence electrons. The Morgan fingerprint density at radius 1 is 0.962 bits per heavy atom. The van der Waals surface area contributed by atoms with Crippen molar-refractivity contribution in [3.05, 3.63) is 65.4 Å². The summed E-state index contributed by atoms with van der Waals surface area (Å²) >= 11 is 6.12. The van der Waals surface area contributed by atoms with E-state index >= 15 is 0 Å². The molecule has 0 saturated carbocycles. The van der Waals surface area contributed by atoms with E-state index in [4.69, 9.17) is 11.6 Å². The van der Waals surface area contributed by atoms with Crippen molar-refractivity contribution in [2.24, 2.45) is 0 Å². The van der Waals surface area contributed by atoms with Crippen molar-refractivity contribution >= 4 is 29.1 Å². The Balaban J connectivity index is 2.01. The van der Waals surface area contributed by atoms with Gasteiger partial charge in [0.05, 0.1) is 16.4 Å². The molecule has 0 bridgehead atoms. The van der Waals surface area contributed by atoms with Crippen molar-refractivity contribution in [1.29, 1.82) is 0 Å². The lowest BCUT2D eigenvalue weighted by Crippen LogP contribution is -2.27. The first-order chi connectivity index (χ1) is 12.3. The molecule has 4 nitrogen and oxygen atoms in total. The molecule has 0 unspecified atom stereocenters. The first kappa shape index (κ1) is 18.1. The Bertz CT molecular complexity index is 907. The van der Waals surface area contributed by atoms with Gasteiger partial charge in [-0.05, 0) is 39.0 Å². The topological polar surface area (TPSA) is 49.8 Å². The van der Waals surface area contributed by atoms with E-state index in [-0.39, 0.29) is 16.4 Å². The van der Waals surface area contributed by atoms with Crippen LogP contribution in [0, 0.1) is 5.82 Å². The van der Waals surface area contributed by atoms with Gasteiger partial charge in [-0.2, -0.15) is 4.98 Å². The maximum atomic E-state index is 13.3. The van der Waals surface area contributed by atoms with Gasteiger partial charge < -0.3 is 10.6 Å². The van der Waals surface area contributed by atoms with E-state index < -0.39 is 0 Å². The van der Waals surface area contributed by atoms with E-state index in [2.05, 4.69) is 20.6 Å². The van der Waals surface area contributed by atoms with Crippen molar-refractivity contribution in [3.63, 3.8) is 0 Å². The van der Waals surface area contributed by atoms with Crippen LogP contribution >= 0.6 is 11.6 Å². The molecule has 0 aliphatic carbocycles. The van der Waals surface area contributed by atoms with Gasteiger partial charge in [0.25, 0.3) is 0 Å². The number of nitrogens with zero attached hydrogens (tertiary/aromatic N) is 2. The molecule has 0 aliphatic rings. The number of anilines is 3. The van der Waals surface area contributed by atoms with Crippen molar-refractivity contribution in [3.8, 4) is 11.3 Å². The fraction of sp³-hybridized carbons (Fsp3) is 0.200. The highest BCUT2D eigenvalue weighted by molar-refractivity contribution is 6.33. The predicted molar refractivity (Wildman–Crippen MR) is 106 cm³/mol. The molecule has 0 saturated heterocycles. The van der Waals surface area contributed by atoms with Crippen LogP contribution in [0.15, 0.2) is 54.6 Å². The van der Waals surface area contributed by atoms with Crippen LogP contribution in [0.1, 0.15) is 20.8 Å². The van der Waals surface area contributed by atoms with Gasteiger partial charge in [0, 0.05) is 17.2 Å². The zero-order valence-corrected chi connectivity index (χ0v) is 15.6. The summed E-state index contributed by atoms with van der Waals surface area (Å²) in [6.07, 6.45) is 0. The van der Waals surface area contributed by atoms with Gasteiger partial charge in [0.1, 0.15) is 11.6 Å². The molecule has 3 rings (SSSR count). The SMILES string of the molecule is CC(C)(C)Nc1nc(Nc2ccc(F)cc2Cl)cc(-c2ccccc2)n1. The second-order valence-corrected chi connectivity index (χ2v) is 7.36. The number of aromatic nitrogens is 2. The van der Waals surface area contributed by atoms with Gasteiger partial charge in [-0.25, -0.2) is 9.37 Å². The zero-order chi connectivity index (χ0) is 18.7. The average molecular weight is 371 g/mol. The van der Waals surface area contributed by atoms with Crippen molar-refractivity contribution < 1.29 is 4.39 Å². The molecule has 0 atom stereocenters. The molecule has 26 heavy (non-hydrogen) atoms. The Morgan fingerprint density at radius 2 is 1.69 bits per heavy atom. The second kappa shape index (κ2) is 7.30. The minimum Gasteiger partial charge on any atom is -0.350 e. The molecular weight excluding hydrogens is 351 g/mol. The fourth-order valence-corrected chi connectivity index (χ4v) is 2.60. The van der Waals surface area contributed by atoms with Crippen molar-refractivity contribution in [2.45, 2.75) is 26.3 Å². The quantitative estimate of drug-likeness (QED) is 0.601. The van der Waals surface area contributed by atoms with E-state index in [0.29, 0.717) is 17.5 Å². The molecule has 0 aliphatic heterocycles. The Kier molecular flexibility index (Phi) is 5.09. The number of hydrogen-bond donors (Lipinski definition) is 2. The largest absolute Gasteiger partial charge is 0.350 e. The molecule has 2 aromatic carbocycles. The van der Waals surface area contributed by atoms with Crippen LogP contribution in [0.25, 0.3) is 11.3 Å². The summed E-state index contributed by atoms with van der Waals surface area (Å²) in [5, 5.41) is 6.72. The van der Waals surface area contributed by atoms with E-state index in [9.17, 15) is 4.39 Å². The van der Waals surface area contributed by atoms with Gasteiger partial charge >= 0.3 is 0 Å². The number of benzene rings is 2. The van der Waals surface area contributed by atoms with Crippen LogP contribution in [0.5, 0.6) is 0 Å². The van der Waals surface area contributed by atoms with Gasteiger partial charge in [-0.3, -0.25) is 0 Å². The van der Waals surface area contributed by atoms with Crippen LogP contribution in [0.2, 0.25) is 5.02 Å². The molecule has 3 aromatic rings. The van der Waals surface area contributed by atoms with E-state index in [1.54, 1.807) is 6.07 Å². The number of hydrogen-bond acceptors (Lipinski definition) is 4. The lowest BCUT2D eigenvalue weighted by molar-refractivity contribution is 0.626. The van der Waals surface area contributed by atoms with Crippen LogP contribution < -0.4 is 10.6 Å². The van der Waals surface area contributed by atoms with Crippen LogP contribution in [-0.2, 0) is 0 Å². The molecular formula is C20H20ClFN4. The maximum Gasteiger partial charge on any atom is 0.225 e. The van der Waals surface area contributed by atoms with Crippen molar-refractivity contribution in [2.75, 3.05) is 10.6 Å². The third-order valence-electron chi connectivity index (χ3n) is 3.48. The minimum atomic E-state index is -0.386. The Morgan fingerprint density at radius 3 is 2.35 bits per heavy atom. The summed E-state index contributed by atoms with van der Waals surface area (Å²) in [7, 11) is 0. The fourth-order valence-electron chi connectivity index (χ4n) is 2.39. The summed E-state index contributed by atoms with van der Waals surface area (Å²) in [6.45, 7) is 6.11. The highest BCUT2D eigenvalue weighted by Gasteiger charge is 2.14. The third kappa shape index (κ3) is 4.70.